The van der Waals surface area contributed by atoms with Crippen molar-refractivity contribution in [1.82, 2.24) is 4.31 Å². The second-order valence-corrected chi connectivity index (χ2v) is 8.73. The second kappa shape index (κ2) is 5.61. The SMILES string of the molecule is Nc1cc(Cl)cc(Cl)c1S(=O)(=O)N(CC1CC1)CC1CC1. The number of benzene rings is 1. The number of nitrogen functional groups attached to an aromatic ring is 1. The molecule has 21 heavy (non-hydrogen) atoms. The van der Waals surface area contributed by atoms with E-state index < -0.39 is 10.0 Å². The first-order valence-electron chi connectivity index (χ1n) is 7.12. The number of hydrogen-bond donors (Lipinski definition) is 1. The minimum absolute atomic E-state index is 0.00475. The van der Waals surface area contributed by atoms with Crippen LogP contribution in [-0.4, -0.2) is 25.8 Å². The molecule has 0 aromatic heterocycles. The zero-order valence-corrected chi connectivity index (χ0v) is 13.9. The first-order valence-corrected chi connectivity index (χ1v) is 9.32. The van der Waals surface area contributed by atoms with Gasteiger partial charge in [0.25, 0.3) is 0 Å². The van der Waals surface area contributed by atoms with Crippen molar-refractivity contribution in [2.24, 2.45) is 11.8 Å². The van der Waals surface area contributed by atoms with Crippen molar-refractivity contribution in [3.63, 3.8) is 0 Å². The van der Waals surface area contributed by atoms with Crippen molar-refractivity contribution in [3.05, 3.63) is 22.2 Å². The molecule has 0 unspecified atom stereocenters. The highest BCUT2D eigenvalue weighted by Crippen LogP contribution is 2.39. The third-order valence-corrected chi connectivity index (χ3v) is 6.53. The van der Waals surface area contributed by atoms with E-state index in [0.29, 0.717) is 29.9 Å². The predicted octanol–water partition coefficient (Wildman–Crippen LogP) is 3.39. The zero-order valence-electron chi connectivity index (χ0n) is 11.6. The van der Waals surface area contributed by atoms with Gasteiger partial charge in [0.2, 0.25) is 10.0 Å². The maximum Gasteiger partial charge on any atom is 0.246 e. The first kappa shape index (κ1) is 15.4. The Labute approximate surface area is 135 Å². The monoisotopic (exact) mass is 348 g/mol. The van der Waals surface area contributed by atoms with Crippen LogP contribution in [0, 0.1) is 11.8 Å². The molecule has 0 atom stereocenters. The highest BCUT2D eigenvalue weighted by Gasteiger charge is 2.37. The van der Waals surface area contributed by atoms with Crippen LogP contribution in [-0.2, 0) is 10.0 Å². The van der Waals surface area contributed by atoms with E-state index in [-0.39, 0.29) is 15.6 Å². The Balaban J connectivity index is 1.95. The Kier molecular flexibility index (Phi) is 4.12. The van der Waals surface area contributed by atoms with Gasteiger partial charge in [0.15, 0.2) is 0 Å². The van der Waals surface area contributed by atoms with Gasteiger partial charge >= 0.3 is 0 Å². The number of sulfonamides is 1. The summed E-state index contributed by atoms with van der Waals surface area (Å²) in [6.45, 7) is 1.13. The fourth-order valence-electron chi connectivity index (χ4n) is 2.43. The summed E-state index contributed by atoms with van der Waals surface area (Å²) in [5.41, 5.74) is 5.98. The van der Waals surface area contributed by atoms with Crippen molar-refractivity contribution in [1.29, 1.82) is 0 Å². The first-order chi connectivity index (χ1) is 9.88. The summed E-state index contributed by atoms with van der Waals surface area (Å²) >= 11 is 12.0. The molecule has 2 aliphatic carbocycles. The Morgan fingerprint density at radius 3 is 2.05 bits per heavy atom. The molecule has 0 heterocycles. The van der Waals surface area contributed by atoms with E-state index in [1.807, 2.05) is 0 Å². The van der Waals surface area contributed by atoms with Gasteiger partial charge in [-0.1, -0.05) is 23.2 Å². The molecule has 0 aliphatic heterocycles. The Morgan fingerprint density at radius 2 is 1.62 bits per heavy atom. The third kappa shape index (κ3) is 3.47. The molecular weight excluding hydrogens is 331 g/mol. The lowest BCUT2D eigenvalue weighted by atomic mass is 10.3. The summed E-state index contributed by atoms with van der Waals surface area (Å²) in [7, 11) is -3.67. The smallest absolute Gasteiger partial charge is 0.246 e. The van der Waals surface area contributed by atoms with E-state index >= 15 is 0 Å². The molecule has 2 aliphatic rings. The summed E-state index contributed by atoms with van der Waals surface area (Å²) in [6.07, 6.45) is 4.39. The molecule has 1 aromatic rings. The van der Waals surface area contributed by atoms with Gasteiger partial charge in [-0.15, -0.1) is 0 Å². The van der Waals surface area contributed by atoms with Crippen LogP contribution >= 0.6 is 23.2 Å². The Hall–Kier alpha value is -0.490. The average Bonchev–Trinajstić information content (AvgIpc) is 3.20. The third-order valence-electron chi connectivity index (χ3n) is 3.95. The molecule has 3 rings (SSSR count). The lowest BCUT2D eigenvalue weighted by Gasteiger charge is -2.23. The summed E-state index contributed by atoms with van der Waals surface area (Å²) in [4.78, 5) is -0.00475. The molecular formula is C14H18Cl2N2O2S. The second-order valence-electron chi connectivity index (χ2n) is 6.01. The number of anilines is 1. The highest BCUT2D eigenvalue weighted by atomic mass is 35.5. The molecule has 1 aromatic carbocycles. The molecule has 0 saturated heterocycles. The van der Waals surface area contributed by atoms with Gasteiger partial charge in [0, 0.05) is 18.1 Å². The maximum atomic E-state index is 12.9. The minimum Gasteiger partial charge on any atom is -0.398 e. The van der Waals surface area contributed by atoms with Crippen LogP contribution in [0.4, 0.5) is 5.69 Å². The van der Waals surface area contributed by atoms with E-state index in [1.165, 1.54) is 12.1 Å². The molecule has 4 nitrogen and oxygen atoms in total. The minimum atomic E-state index is -3.67. The predicted molar refractivity (Wildman–Crippen MR) is 85.1 cm³/mol. The van der Waals surface area contributed by atoms with Gasteiger partial charge in [0.1, 0.15) is 4.90 Å². The van der Waals surface area contributed by atoms with E-state index in [9.17, 15) is 8.42 Å². The van der Waals surface area contributed by atoms with Gasteiger partial charge in [-0.25, -0.2) is 8.42 Å². The average molecular weight is 349 g/mol. The topological polar surface area (TPSA) is 63.4 Å². The summed E-state index contributed by atoms with van der Waals surface area (Å²) in [6, 6.07) is 2.87. The van der Waals surface area contributed by atoms with Crippen molar-refractivity contribution in [2.45, 2.75) is 30.6 Å². The standard InChI is InChI=1S/C14H18Cl2N2O2S/c15-11-5-12(16)14(13(17)6-11)21(19,20)18(7-9-1-2-9)8-10-3-4-10/h5-6,9-10H,1-4,7-8,17H2. The molecule has 2 fully saturated rings. The molecule has 116 valence electrons. The van der Waals surface area contributed by atoms with E-state index in [0.717, 1.165) is 25.7 Å². The number of nitrogens with zero attached hydrogens (tertiary/aromatic N) is 1. The number of nitrogens with two attached hydrogens (primary N) is 1. The van der Waals surface area contributed by atoms with Crippen molar-refractivity contribution in [2.75, 3.05) is 18.8 Å². The fourth-order valence-corrected chi connectivity index (χ4v) is 4.97. The van der Waals surface area contributed by atoms with E-state index in [2.05, 4.69) is 0 Å². The summed E-state index contributed by atoms with van der Waals surface area (Å²) in [5, 5.41) is 0.434. The highest BCUT2D eigenvalue weighted by molar-refractivity contribution is 7.89. The maximum absolute atomic E-state index is 12.9. The largest absolute Gasteiger partial charge is 0.398 e. The van der Waals surface area contributed by atoms with Crippen molar-refractivity contribution >= 4 is 38.9 Å². The summed E-state index contributed by atoms with van der Waals surface area (Å²) in [5.74, 6) is 0.955. The molecule has 0 radical (unpaired) electrons. The van der Waals surface area contributed by atoms with Crippen LogP contribution in [0.5, 0.6) is 0 Å². The fraction of sp³-hybridized carbons (Fsp3) is 0.571. The van der Waals surface area contributed by atoms with Crippen LogP contribution < -0.4 is 5.73 Å². The van der Waals surface area contributed by atoms with Crippen molar-refractivity contribution < 1.29 is 8.42 Å². The van der Waals surface area contributed by atoms with Crippen LogP contribution in [0.3, 0.4) is 0 Å². The van der Waals surface area contributed by atoms with Crippen molar-refractivity contribution in [3.8, 4) is 0 Å². The van der Waals surface area contributed by atoms with Crippen LogP contribution in [0.15, 0.2) is 17.0 Å². The van der Waals surface area contributed by atoms with Crippen LogP contribution in [0.2, 0.25) is 10.0 Å². The van der Waals surface area contributed by atoms with Crippen LogP contribution in [0.25, 0.3) is 0 Å². The molecule has 0 amide bonds. The van der Waals surface area contributed by atoms with Gasteiger partial charge in [-0.3, -0.25) is 0 Å². The molecule has 2 saturated carbocycles. The zero-order chi connectivity index (χ0) is 15.2. The van der Waals surface area contributed by atoms with Crippen LogP contribution in [0.1, 0.15) is 25.7 Å². The molecule has 7 heteroatoms. The van der Waals surface area contributed by atoms with Gasteiger partial charge < -0.3 is 5.73 Å². The number of hydrogen-bond acceptors (Lipinski definition) is 3. The molecule has 2 N–H and O–H groups in total. The lowest BCUT2D eigenvalue weighted by Crippen LogP contribution is -2.35. The van der Waals surface area contributed by atoms with E-state index in [4.69, 9.17) is 28.9 Å². The van der Waals surface area contributed by atoms with Gasteiger partial charge in [-0.2, -0.15) is 4.31 Å². The van der Waals surface area contributed by atoms with E-state index in [1.54, 1.807) is 4.31 Å². The Morgan fingerprint density at radius 1 is 1.10 bits per heavy atom. The number of halogens is 2. The van der Waals surface area contributed by atoms with Gasteiger partial charge in [-0.05, 0) is 49.7 Å². The lowest BCUT2D eigenvalue weighted by molar-refractivity contribution is 0.382. The quantitative estimate of drug-likeness (QED) is 0.801. The molecule has 0 bridgehead atoms. The van der Waals surface area contributed by atoms with Gasteiger partial charge in [0.05, 0.1) is 10.7 Å². The Bertz CT molecular complexity index is 618. The molecule has 0 spiro atoms. The summed E-state index contributed by atoms with van der Waals surface area (Å²) < 4.78 is 27.4. The normalized spacial score (nSPS) is 19.2. The number of rotatable bonds is 6.